The predicted molar refractivity (Wildman–Crippen MR) is 71.4 cm³/mol. The van der Waals surface area contributed by atoms with Crippen LogP contribution in [0.25, 0.3) is 0 Å². The van der Waals surface area contributed by atoms with Gasteiger partial charge in [0.15, 0.2) is 0 Å². The fraction of sp³-hybridized carbons (Fsp3) is 0.500. The Hall–Kier alpha value is -1.91. The molecule has 0 fully saturated rings. The van der Waals surface area contributed by atoms with Crippen LogP contribution in [-0.4, -0.2) is 33.9 Å². The van der Waals surface area contributed by atoms with Crippen LogP contribution in [0.15, 0.2) is 18.2 Å². The van der Waals surface area contributed by atoms with Crippen LogP contribution in [0.2, 0.25) is 0 Å². The number of nitrogens with zero attached hydrogens (tertiary/aromatic N) is 2. The first-order valence-electron chi connectivity index (χ1n) is 6.23. The Morgan fingerprint density at radius 2 is 1.95 bits per heavy atom. The van der Waals surface area contributed by atoms with Gasteiger partial charge < -0.3 is 10.0 Å². The molecular formula is C14H20N2O3. The number of carbonyl (C=O) groups excluding carboxylic acids is 1. The van der Waals surface area contributed by atoms with Gasteiger partial charge in [-0.2, -0.15) is 0 Å². The third kappa shape index (κ3) is 4.05. The SMILES string of the molecule is Cc1cccc(CN(C)C(=O)C(C)C(C)C(=O)O)n1. The maximum atomic E-state index is 12.1. The van der Waals surface area contributed by atoms with Crippen LogP contribution in [0.5, 0.6) is 0 Å². The molecule has 1 heterocycles. The van der Waals surface area contributed by atoms with Crippen molar-refractivity contribution in [3.63, 3.8) is 0 Å². The van der Waals surface area contributed by atoms with E-state index in [1.165, 1.54) is 4.90 Å². The molecule has 1 aromatic rings. The molecule has 1 rings (SSSR count). The van der Waals surface area contributed by atoms with E-state index in [4.69, 9.17) is 5.11 Å². The molecule has 2 unspecified atom stereocenters. The molecule has 0 aliphatic carbocycles. The zero-order valence-corrected chi connectivity index (χ0v) is 11.8. The molecule has 1 aromatic heterocycles. The third-order valence-electron chi connectivity index (χ3n) is 3.25. The van der Waals surface area contributed by atoms with E-state index >= 15 is 0 Å². The summed E-state index contributed by atoms with van der Waals surface area (Å²) in [6.45, 7) is 5.46. The van der Waals surface area contributed by atoms with E-state index in [-0.39, 0.29) is 5.91 Å². The monoisotopic (exact) mass is 264 g/mol. The summed E-state index contributed by atoms with van der Waals surface area (Å²) < 4.78 is 0. The average Bonchev–Trinajstić information content (AvgIpc) is 2.35. The normalized spacial score (nSPS) is 13.7. The van der Waals surface area contributed by atoms with Gasteiger partial charge in [0.25, 0.3) is 0 Å². The van der Waals surface area contributed by atoms with Gasteiger partial charge in [-0.15, -0.1) is 0 Å². The molecule has 0 saturated carbocycles. The van der Waals surface area contributed by atoms with Crippen molar-refractivity contribution < 1.29 is 14.7 Å². The van der Waals surface area contributed by atoms with Crippen LogP contribution in [0.3, 0.4) is 0 Å². The Bertz CT molecular complexity index is 474. The minimum atomic E-state index is -0.956. The summed E-state index contributed by atoms with van der Waals surface area (Å²) in [7, 11) is 1.66. The van der Waals surface area contributed by atoms with Crippen molar-refractivity contribution in [2.75, 3.05) is 7.05 Å². The Labute approximate surface area is 113 Å². The number of aromatic nitrogens is 1. The van der Waals surface area contributed by atoms with Crippen molar-refractivity contribution in [3.8, 4) is 0 Å². The van der Waals surface area contributed by atoms with Crippen molar-refractivity contribution in [2.45, 2.75) is 27.3 Å². The Morgan fingerprint density at radius 1 is 1.32 bits per heavy atom. The molecule has 0 bridgehead atoms. The first kappa shape index (κ1) is 15.1. The number of carboxylic acids is 1. The first-order valence-corrected chi connectivity index (χ1v) is 6.23. The van der Waals surface area contributed by atoms with Crippen molar-refractivity contribution in [1.82, 2.24) is 9.88 Å². The van der Waals surface area contributed by atoms with E-state index in [0.717, 1.165) is 11.4 Å². The van der Waals surface area contributed by atoms with Gasteiger partial charge in [-0.1, -0.05) is 19.9 Å². The second kappa shape index (κ2) is 6.31. The molecule has 0 spiro atoms. The third-order valence-corrected chi connectivity index (χ3v) is 3.25. The number of hydrogen-bond acceptors (Lipinski definition) is 3. The maximum absolute atomic E-state index is 12.1. The summed E-state index contributed by atoms with van der Waals surface area (Å²) in [5.74, 6) is -2.38. The van der Waals surface area contributed by atoms with Crippen LogP contribution in [0.4, 0.5) is 0 Å². The first-order chi connectivity index (χ1) is 8.82. The molecule has 0 aliphatic rings. The molecule has 0 aromatic carbocycles. The molecule has 5 heteroatoms. The van der Waals surface area contributed by atoms with Crippen molar-refractivity contribution in [2.24, 2.45) is 11.8 Å². The van der Waals surface area contributed by atoms with E-state index in [1.54, 1.807) is 20.9 Å². The molecule has 5 nitrogen and oxygen atoms in total. The minimum absolute atomic E-state index is 0.182. The lowest BCUT2D eigenvalue weighted by molar-refractivity contribution is -0.148. The predicted octanol–water partition coefficient (Wildman–Crippen LogP) is 1.71. The van der Waals surface area contributed by atoms with Gasteiger partial charge >= 0.3 is 5.97 Å². The number of aliphatic carboxylic acids is 1. The summed E-state index contributed by atoms with van der Waals surface area (Å²) >= 11 is 0. The molecule has 0 aliphatic heterocycles. The van der Waals surface area contributed by atoms with Crippen LogP contribution in [0, 0.1) is 18.8 Å². The van der Waals surface area contributed by atoms with E-state index < -0.39 is 17.8 Å². The molecule has 0 saturated heterocycles. The van der Waals surface area contributed by atoms with Crippen molar-refractivity contribution >= 4 is 11.9 Å². The van der Waals surface area contributed by atoms with Gasteiger partial charge in [-0.25, -0.2) is 0 Å². The number of carboxylic acid groups (broad SMARTS) is 1. The van der Waals surface area contributed by atoms with Gasteiger partial charge in [-0.3, -0.25) is 14.6 Å². The van der Waals surface area contributed by atoms with Gasteiger partial charge in [0.05, 0.1) is 18.2 Å². The zero-order valence-electron chi connectivity index (χ0n) is 11.8. The van der Waals surface area contributed by atoms with Crippen molar-refractivity contribution in [1.29, 1.82) is 0 Å². The summed E-state index contributed by atoms with van der Waals surface area (Å²) in [4.78, 5) is 28.8. The lowest BCUT2D eigenvalue weighted by Gasteiger charge is -2.23. The molecule has 104 valence electrons. The number of pyridine rings is 1. The fourth-order valence-corrected chi connectivity index (χ4v) is 1.78. The molecular weight excluding hydrogens is 244 g/mol. The number of carbonyl (C=O) groups is 2. The quantitative estimate of drug-likeness (QED) is 0.878. The van der Waals surface area contributed by atoms with E-state index in [2.05, 4.69) is 4.98 Å². The van der Waals surface area contributed by atoms with Gasteiger partial charge in [0.1, 0.15) is 0 Å². The van der Waals surface area contributed by atoms with Gasteiger partial charge in [0.2, 0.25) is 5.91 Å². The Kier molecular flexibility index (Phi) is 5.03. The number of rotatable bonds is 5. The minimum Gasteiger partial charge on any atom is -0.481 e. The highest BCUT2D eigenvalue weighted by molar-refractivity contribution is 5.84. The number of hydrogen-bond donors (Lipinski definition) is 1. The van der Waals surface area contributed by atoms with Gasteiger partial charge in [0, 0.05) is 18.7 Å². The fourth-order valence-electron chi connectivity index (χ4n) is 1.78. The van der Waals surface area contributed by atoms with E-state index in [9.17, 15) is 9.59 Å². The number of aryl methyl sites for hydroxylation is 1. The Morgan fingerprint density at radius 3 is 2.47 bits per heavy atom. The summed E-state index contributed by atoms with van der Waals surface area (Å²) in [6, 6.07) is 5.63. The summed E-state index contributed by atoms with van der Waals surface area (Å²) in [5, 5.41) is 8.93. The summed E-state index contributed by atoms with van der Waals surface area (Å²) in [5.41, 5.74) is 1.69. The van der Waals surface area contributed by atoms with Crippen LogP contribution < -0.4 is 0 Å². The van der Waals surface area contributed by atoms with E-state index in [1.807, 2.05) is 25.1 Å². The smallest absolute Gasteiger partial charge is 0.307 e. The molecule has 0 radical (unpaired) electrons. The lowest BCUT2D eigenvalue weighted by Crippen LogP contribution is -2.36. The lowest BCUT2D eigenvalue weighted by atomic mass is 9.95. The second-order valence-electron chi connectivity index (χ2n) is 4.88. The average molecular weight is 264 g/mol. The van der Waals surface area contributed by atoms with Crippen LogP contribution >= 0.6 is 0 Å². The molecule has 1 N–H and O–H groups in total. The van der Waals surface area contributed by atoms with Gasteiger partial charge in [-0.05, 0) is 19.1 Å². The highest BCUT2D eigenvalue weighted by atomic mass is 16.4. The highest BCUT2D eigenvalue weighted by Crippen LogP contribution is 2.15. The Balaban J connectivity index is 2.70. The van der Waals surface area contributed by atoms with Crippen LogP contribution in [-0.2, 0) is 16.1 Å². The largest absolute Gasteiger partial charge is 0.481 e. The van der Waals surface area contributed by atoms with Crippen LogP contribution in [0.1, 0.15) is 25.2 Å². The maximum Gasteiger partial charge on any atom is 0.307 e. The standard InChI is InChI=1S/C14H20N2O3/c1-9-6-5-7-12(15-9)8-16(4)13(17)10(2)11(3)14(18)19/h5-7,10-11H,8H2,1-4H3,(H,18,19). The number of amides is 1. The summed E-state index contributed by atoms with van der Waals surface area (Å²) in [6.07, 6.45) is 0. The zero-order chi connectivity index (χ0) is 14.6. The topological polar surface area (TPSA) is 70.5 Å². The highest BCUT2D eigenvalue weighted by Gasteiger charge is 2.28. The molecule has 19 heavy (non-hydrogen) atoms. The van der Waals surface area contributed by atoms with Crippen molar-refractivity contribution in [3.05, 3.63) is 29.6 Å². The van der Waals surface area contributed by atoms with E-state index in [0.29, 0.717) is 6.54 Å². The second-order valence-corrected chi connectivity index (χ2v) is 4.88. The molecule has 1 amide bonds. The molecule has 2 atom stereocenters.